The number of halogens is 1. The SMILES string of the molecule is CCNC(=NCC(C)N1CCOCC1)NC1CCS(=O)(=O)C1.I. The lowest BCUT2D eigenvalue weighted by atomic mass is 10.2. The van der Waals surface area contributed by atoms with Crippen LogP contribution in [0.2, 0.25) is 0 Å². The molecular formula is C14H29IN4O3S. The normalized spacial score (nSPS) is 26.3. The maximum atomic E-state index is 11.5. The van der Waals surface area contributed by atoms with E-state index < -0.39 is 9.84 Å². The molecule has 7 nitrogen and oxygen atoms in total. The van der Waals surface area contributed by atoms with Gasteiger partial charge in [-0.1, -0.05) is 0 Å². The van der Waals surface area contributed by atoms with E-state index in [0.29, 0.717) is 25.0 Å². The zero-order valence-corrected chi connectivity index (χ0v) is 17.1. The van der Waals surface area contributed by atoms with Gasteiger partial charge < -0.3 is 15.4 Å². The molecule has 2 fully saturated rings. The van der Waals surface area contributed by atoms with Gasteiger partial charge in [-0.2, -0.15) is 0 Å². The standard InChI is InChI=1S/C14H28N4O3S.HI/c1-3-15-14(17-13-4-9-22(19,20)11-13)16-10-12(2)18-5-7-21-8-6-18;/h12-13H,3-11H2,1-2H3,(H2,15,16,17);1H. The Balaban J connectivity index is 0.00000264. The summed E-state index contributed by atoms with van der Waals surface area (Å²) >= 11 is 0. The lowest BCUT2D eigenvalue weighted by Crippen LogP contribution is -2.46. The van der Waals surface area contributed by atoms with E-state index in [2.05, 4.69) is 27.4 Å². The van der Waals surface area contributed by atoms with Crippen molar-refractivity contribution in [1.82, 2.24) is 15.5 Å². The van der Waals surface area contributed by atoms with E-state index in [4.69, 9.17) is 4.74 Å². The van der Waals surface area contributed by atoms with Crippen LogP contribution in [0.1, 0.15) is 20.3 Å². The average Bonchev–Trinajstić information content (AvgIpc) is 2.84. The van der Waals surface area contributed by atoms with E-state index >= 15 is 0 Å². The quantitative estimate of drug-likeness (QED) is 0.343. The van der Waals surface area contributed by atoms with Crippen molar-refractivity contribution in [3.8, 4) is 0 Å². The number of sulfone groups is 1. The molecule has 0 aromatic rings. The van der Waals surface area contributed by atoms with Gasteiger partial charge in [-0.3, -0.25) is 9.89 Å². The van der Waals surface area contributed by atoms with Gasteiger partial charge in [-0.25, -0.2) is 8.42 Å². The maximum Gasteiger partial charge on any atom is 0.191 e. The van der Waals surface area contributed by atoms with Crippen molar-refractivity contribution in [2.45, 2.75) is 32.4 Å². The largest absolute Gasteiger partial charge is 0.379 e. The van der Waals surface area contributed by atoms with Gasteiger partial charge in [0.1, 0.15) is 0 Å². The number of rotatable bonds is 5. The highest BCUT2D eigenvalue weighted by Crippen LogP contribution is 2.11. The lowest BCUT2D eigenvalue weighted by Gasteiger charge is -2.31. The van der Waals surface area contributed by atoms with Crippen LogP contribution in [0.4, 0.5) is 0 Å². The molecule has 0 aliphatic carbocycles. The van der Waals surface area contributed by atoms with Crippen LogP contribution in [0.25, 0.3) is 0 Å². The minimum Gasteiger partial charge on any atom is -0.379 e. The van der Waals surface area contributed by atoms with Crippen molar-refractivity contribution in [3.63, 3.8) is 0 Å². The number of nitrogens with one attached hydrogen (secondary N) is 2. The third kappa shape index (κ3) is 7.10. The molecule has 0 saturated carbocycles. The number of guanidine groups is 1. The van der Waals surface area contributed by atoms with Gasteiger partial charge in [0, 0.05) is 31.7 Å². The zero-order valence-electron chi connectivity index (χ0n) is 14.0. The molecule has 2 saturated heterocycles. The third-order valence-corrected chi connectivity index (χ3v) is 5.87. The smallest absolute Gasteiger partial charge is 0.191 e. The van der Waals surface area contributed by atoms with Crippen LogP contribution >= 0.6 is 24.0 Å². The average molecular weight is 460 g/mol. The van der Waals surface area contributed by atoms with Crippen molar-refractivity contribution in [2.24, 2.45) is 4.99 Å². The second-order valence-corrected chi connectivity index (χ2v) is 8.19. The van der Waals surface area contributed by atoms with Crippen LogP contribution in [-0.4, -0.2) is 82.3 Å². The molecular weight excluding hydrogens is 431 g/mol. The summed E-state index contributed by atoms with van der Waals surface area (Å²) in [4.78, 5) is 6.99. The van der Waals surface area contributed by atoms with Gasteiger partial charge in [-0.05, 0) is 20.3 Å². The Kier molecular flexibility index (Phi) is 9.09. The molecule has 2 atom stereocenters. The van der Waals surface area contributed by atoms with Crippen LogP contribution in [0.5, 0.6) is 0 Å². The maximum absolute atomic E-state index is 11.5. The van der Waals surface area contributed by atoms with Crippen LogP contribution in [0.15, 0.2) is 4.99 Å². The van der Waals surface area contributed by atoms with E-state index in [1.165, 1.54) is 0 Å². The predicted octanol–water partition coefficient (Wildman–Crippen LogP) is 0.0673. The monoisotopic (exact) mass is 460 g/mol. The fraction of sp³-hybridized carbons (Fsp3) is 0.929. The highest BCUT2D eigenvalue weighted by atomic mass is 127. The van der Waals surface area contributed by atoms with Crippen molar-refractivity contribution in [1.29, 1.82) is 0 Å². The molecule has 136 valence electrons. The Labute approximate surface area is 156 Å². The Morgan fingerprint density at radius 2 is 2.09 bits per heavy atom. The number of hydrogen-bond donors (Lipinski definition) is 2. The van der Waals surface area contributed by atoms with Crippen LogP contribution in [0.3, 0.4) is 0 Å². The Morgan fingerprint density at radius 3 is 2.65 bits per heavy atom. The first-order chi connectivity index (χ1) is 10.5. The minimum atomic E-state index is -2.87. The van der Waals surface area contributed by atoms with Gasteiger partial charge in [0.2, 0.25) is 0 Å². The van der Waals surface area contributed by atoms with E-state index in [0.717, 1.165) is 32.8 Å². The number of hydrogen-bond acceptors (Lipinski definition) is 5. The number of aliphatic imine (C=N–C) groups is 1. The summed E-state index contributed by atoms with van der Waals surface area (Å²) in [5.74, 6) is 1.19. The molecule has 0 spiro atoms. The highest BCUT2D eigenvalue weighted by Gasteiger charge is 2.28. The molecule has 2 N–H and O–H groups in total. The first-order valence-electron chi connectivity index (χ1n) is 8.07. The summed E-state index contributed by atoms with van der Waals surface area (Å²) in [6, 6.07) is 0.327. The second kappa shape index (κ2) is 10.00. The lowest BCUT2D eigenvalue weighted by molar-refractivity contribution is 0.0220. The van der Waals surface area contributed by atoms with Crippen molar-refractivity contribution in [3.05, 3.63) is 0 Å². The summed E-state index contributed by atoms with van der Waals surface area (Å²) in [5.41, 5.74) is 0. The van der Waals surface area contributed by atoms with E-state index in [-0.39, 0.29) is 41.5 Å². The van der Waals surface area contributed by atoms with Gasteiger partial charge in [0.15, 0.2) is 15.8 Å². The van der Waals surface area contributed by atoms with Crippen LogP contribution in [-0.2, 0) is 14.6 Å². The third-order valence-electron chi connectivity index (χ3n) is 4.10. The molecule has 2 rings (SSSR count). The highest BCUT2D eigenvalue weighted by molar-refractivity contribution is 14.0. The van der Waals surface area contributed by atoms with Gasteiger partial charge >= 0.3 is 0 Å². The summed E-state index contributed by atoms with van der Waals surface area (Å²) in [7, 11) is -2.87. The van der Waals surface area contributed by atoms with Crippen LogP contribution < -0.4 is 10.6 Å². The molecule has 0 aromatic heterocycles. The first-order valence-corrected chi connectivity index (χ1v) is 9.89. The fourth-order valence-electron chi connectivity index (χ4n) is 2.78. The summed E-state index contributed by atoms with van der Waals surface area (Å²) in [5, 5.41) is 6.44. The van der Waals surface area contributed by atoms with Gasteiger partial charge in [0.05, 0.1) is 31.3 Å². The zero-order chi connectivity index (χ0) is 16.0. The molecule has 0 bridgehead atoms. The molecule has 2 unspecified atom stereocenters. The van der Waals surface area contributed by atoms with E-state index in [1.807, 2.05) is 6.92 Å². The van der Waals surface area contributed by atoms with Crippen molar-refractivity contribution in [2.75, 3.05) is 50.9 Å². The molecule has 23 heavy (non-hydrogen) atoms. The second-order valence-electron chi connectivity index (χ2n) is 5.96. The van der Waals surface area contributed by atoms with E-state index in [1.54, 1.807) is 0 Å². The van der Waals surface area contributed by atoms with Gasteiger partial charge in [-0.15, -0.1) is 24.0 Å². The molecule has 0 radical (unpaired) electrons. The predicted molar refractivity (Wildman–Crippen MR) is 103 cm³/mol. The van der Waals surface area contributed by atoms with E-state index in [9.17, 15) is 8.42 Å². The number of ether oxygens (including phenoxy) is 1. The molecule has 0 aromatic carbocycles. The molecule has 0 amide bonds. The van der Waals surface area contributed by atoms with Crippen molar-refractivity contribution >= 4 is 39.8 Å². The topological polar surface area (TPSA) is 83.0 Å². The fourth-order valence-corrected chi connectivity index (χ4v) is 4.45. The van der Waals surface area contributed by atoms with Crippen LogP contribution in [0, 0.1) is 0 Å². The molecule has 2 aliphatic rings. The molecule has 9 heteroatoms. The number of morpholine rings is 1. The van der Waals surface area contributed by atoms with Gasteiger partial charge in [0.25, 0.3) is 0 Å². The van der Waals surface area contributed by atoms with Crippen molar-refractivity contribution < 1.29 is 13.2 Å². The molecule has 2 heterocycles. The Bertz CT molecular complexity index is 480. The first kappa shape index (κ1) is 20.9. The molecule has 2 aliphatic heterocycles. The summed E-state index contributed by atoms with van der Waals surface area (Å²) < 4.78 is 28.4. The number of nitrogens with zero attached hydrogens (tertiary/aromatic N) is 2. The minimum absolute atomic E-state index is 0. The summed E-state index contributed by atoms with van der Waals surface area (Å²) in [6.45, 7) is 9.08. The Hall–Kier alpha value is -0.130. The summed E-state index contributed by atoms with van der Waals surface area (Å²) in [6.07, 6.45) is 0.658. The Morgan fingerprint density at radius 1 is 1.39 bits per heavy atom.